The Morgan fingerprint density at radius 1 is 1.21 bits per heavy atom. The summed E-state index contributed by atoms with van der Waals surface area (Å²) in [6.07, 6.45) is 1.32. The third-order valence-electron chi connectivity index (χ3n) is 4.27. The van der Waals surface area contributed by atoms with E-state index in [4.69, 9.17) is 4.42 Å². The second kappa shape index (κ2) is 6.49. The quantitative estimate of drug-likeness (QED) is 0.355. The number of nitro benzene ring substituents is 1. The Morgan fingerprint density at radius 2 is 2.03 bits per heavy atom. The maximum atomic E-state index is 12.5. The number of nitro groups is 1. The molecule has 0 aliphatic carbocycles. The summed E-state index contributed by atoms with van der Waals surface area (Å²) in [6.45, 7) is 0. The van der Waals surface area contributed by atoms with Gasteiger partial charge in [-0.15, -0.1) is 16.4 Å². The van der Waals surface area contributed by atoms with E-state index in [-0.39, 0.29) is 17.5 Å². The molecule has 0 aliphatic rings. The average molecular weight is 406 g/mol. The summed E-state index contributed by atoms with van der Waals surface area (Å²) in [4.78, 5) is 31.8. The third-order valence-corrected chi connectivity index (χ3v) is 5.09. The summed E-state index contributed by atoms with van der Waals surface area (Å²) in [6, 6.07) is 11.1. The van der Waals surface area contributed by atoms with Gasteiger partial charge in [0.15, 0.2) is 12.0 Å². The zero-order valence-corrected chi connectivity index (χ0v) is 15.3. The van der Waals surface area contributed by atoms with Crippen LogP contribution < -0.4 is 5.32 Å². The molecule has 5 rings (SSSR count). The highest BCUT2D eigenvalue weighted by molar-refractivity contribution is 7.15. The molecular formula is C18H10N6O4S. The second-order valence-corrected chi connectivity index (χ2v) is 6.88. The fourth-order valence-corrected chi connectivity index (χ4v) is 3.69. The average Bonchev–Trinajstić information content (AvgIpc) is 3.42. The molecule has 3 heterocycles. The van der Waals surface area contributed by atoms with E-state index in [0.717, 1.165) is 11.3 Å². The van der Waals surface area contributed by atoms with Gasteiger partial charge in [-0.2, -0.15) is 4.98 Å². The molecule has 10 nitrogen and oxygen atoms in total. The lowest BCUT2D eigenvalue weighted by Crippen LogP contribution is -2.13. The predicted molar refractivity (Wildman–Crippen MR) is 105 cm³/mol. The Kier molecular flexibility index (Phi) is 3.81. The zero-order chi connectivity index (χ0) is 20.0. The Balaban J connectivity index is 1.43. The summed E-state index contributed by atoms with van der Waals surface area (Å²) in [7, 11) is 0. The summed E-state index contributed by atoms with van der Waals surface area (Å²) in [5.74, 6) is -0.213. The number of nitrogens with zero attached hydrogens (tertiary/aromatic N) is 5. The number of hydrogen-bond acceptors (Lipinski definition) is 8. The van der Waals surface area contributed by atoms with Gasteiger partial charge in [0.2, 0.25) is 4.96 Å². The number of non-ortho nitro benzene ring substituents is 1. The van der Waals surface area contributed by atoms with Gasteiger partial charge in [0, 0.05) is 28.6 Å². The van der Waals surface area contributed by atoms with Gasteiger partial charge in [0.1, 0.15) is 5.52 Å². The van der Waals surface area contributed by atoms with Crippen LogP contribution in [0.1, 0.15) is 10.4 Å². The van der Waals surface area contributed by atoms with Crippen molar-refractivity contribution in [1.82, 2.24) is 19.6 Å². The number of carbonyl (C=O) groups excluding carboxylic acids is 1. The minimum Gasteiger partial charge on any atom is -0.443 e. The molecule has 0 spiro atoms. The molecule has 11 heteroatoms. The number of anilines is 1. The fraction of sp³-hybridized carbons (Fsp3) is 0. The summed E-state index contributed by atoms with van der Waals surface area (Å²) in [5, 5.41) is 19.7. The Morgan fingerprint density at radius 3 is 2.83 bits per heavy atom. The van der Waals surface area contributed by atoms with Gasteiger partial charge in [0.05, 0.1) is 10.6 Å². The number of hydrogen-bond donors (Lipinski definition) is 1. The molecule has 5 aromatic rings. The molecule has 0 aliphatic heterocycles. The van der Waals surface area contributed by atoms with E-state index in [0.29, 0.717) is 21.6 Å². The van der Waals surface area contributed by atoms with Gasteiger partial charge in [-0.05, 0) is 30.3 Å². The largest absolute Gasteiger partial charge is 0.443 e. The minimum atomic E-state index is -0.452. The maximum absolute atomic E-state index is 12.5. The number of rotatable bonds is 4. The molecular weight excluding hydrogens is 396 g/mol. The highest BCUT2D eigenvalue weighted by Gasteiger charge is 2.16. The molecule has 0 fully saturated rings. The summed E-state index contributed by atoms with van der Waals surface area (Å²) >= 11 is 1.35. The normalized spacial score (nSPS) is 11.2. The van der Waals surface area contributed by atoms with E-state index in [1.165, 1.54) is 29.9 Å². The SMILES string of the molecule is O=C(Nc1nc2scc(-c3ccc([N+](=O)[O-])cc3)n2n1)c1ccc2ocnc2c1. The molecule has 142 valence electrons. The molecule has 2 aromatic carbocycles. The molecule has 0 unspecified atom stereocenters. The van der Waals surface area contributed by atoms with Crippen molar-refractivity contribution >= 4 is 44.9 Å². The standard InChI is InChI=1S/C18H10N6O4S/c25-16(11-3-6-15-13(7-11)19-9-28-15)20-17-21-18-23(22-17)14(8-29-18)10-1-4-12(5-2-10)24(26)27/h1-9H,(H,20,22,25). The van der Waals surface area contributed by atoms with Crippen LogP contribution in [0.4, 0.5) is 11.6 Å². The Labute approximate surface area is 165 Å². The van der Waals surface area contributed by atoms with Crippen molar-refractivity contribution in [1.29, 1.82) is 0 Å². The van der Waals surface area contributed by atoms with E-state index in [1.807, 2.05) is 5.38 Å². The zero-order valence-electron chi connectivity index (χ0n) is 14.5. The van der Waals surface area contributed by atoms with Gasteiger partial charge in [-0.3, -0.25) is 20.2 Å². The van der Waals surface area contributed by atoms with Crippen LogP contribution in [-0.4, -0.2) is 30.4 Å². The second-order valence-electron chi connectivity index (χ2n) is 6.04. The molecule has 0 bridgehead atoms. The van der Waals surface area contributed by atoms with E-state index in [2.05, 4.69) is 20.4 Å². The molecule has 0 saturated heterocycles. The van der Waals surface area contributed by atoms with Crippen molar-refractivity contribution in [2.24, 2.45) is 0 Å². The van der Waals surface area contributed by atoms with Crippen LogP contribution in [0.15, 0.2) is 58.7 Å². The monoisotopic (exact) mass is 406 g/mol. The number of carbonyl (C=O) groups is 1. The van der Waals surface area contributed by atoms with Crippen LogP contribution in [-0.2, 0) is 0 Å². The first kappa shape index (κ1) is 17.0. The van der Waals surface area contributed by atoms with Gasteiger partial charge in [-0.1, -0.05) is 0 Å². The molecule has 29 heavy (non-hydrogen) atoms. The molecule has 3 aromatic heterocycles. The first-order valence-electron chi connectivity index (χ1n) is 8.32. The van der Waals surface area contributed by atoms with Crippen molar-refractivity contribution < 1.29 is 14.1 Å². The van der Waals surface area contributed by atoms with Crippen molar-refractivity contribution in [3.05, 3.63) is 69.9 Å². The highest BCUT2D eigenvalue weighted by atomic mass is 32.1. The number of thiazole rings is 1. The van der Waals surface area contributed by atoms with Crippen molar-refractivity contribution in [2.75, 3.05) is 5.32 Å². The lowest BCUT2D eigenvalue weighted by Gasteiger charge is -2.01. The molecule has 1 amide bonds. The highest BCUT2D eigenvalue weighted by Crippen LogP contribution is 2.27. The first-order valence-corrected chi connectivity index (χ1v) is 9.20. The number of aromatic nitrogens is 4. The molecule has 0 atom stereocenters. The number of oxazole rings is 1. The summed E-state index contributed by atoms with van der Waals surface area (Å²) < 4.78 is 6.75. The minimum absolute atomic E-state index is 0.0100. The first-order chi connectivity index (χ1) is 14.1. The van der Waals surface area contributed by atoms with Gasteiger partial charge in [-0.25, -0.2) is 9.50 Å². The van der Waals surface area contributed by atoms with Crippen LogP contribution >= 0.6 is 11.3 Å². The molecule has 0 radical (unpaired) electrons. The van der Waals surface area contributed by atoms with Crippen LogP contribution in [0.3, 0.4) is 0 Å². The smallest absolute Gasteiger partial charge is 0.269 e. The number of amides is 1. The topological polar surface area (TPSA) is 128 Å². The van der Waals surface area contributed by atoms with Gasteiger partial charge >= 0.3 is 0 Å². The Hall–Kier alpha value is -4.12. The molecule has 1 N–H and O–H groups in total. The predicted octanol–water partition coefficient (Wildman–Crippen LogP) is 3.76. The van der Waals surface area contributed by atoms with Crippen molar-refractivity contribution in [2.45, 2.75) is 0 Å². The number of nitrogens with one attached hydrogen (secondary N) is 1. The maximum Gasteiger partial charge on any atom is 0.269 e. The fourth-order valence-electron chi connectivity index (χ4n) is 2.86. The van der Waals surface area contributed by atoms with Crippen molar-refractivity contribution in [3.8, 4) is 11.3 Å². The van der Waals surface area contributed by atoms with Gasteiger partial charge < -0.3 is 4.42 Å². The van der Waals surface area contributed by atoms with Crippen LogP contribution in [0, 0.1) is 10.1 Å². The van der Waals surface area contributed by atoms with E-state index in [1.54, 1.807) is 34.8 Å². The number of benzene rings is 2. The third kappa shape index (κ3) is 2.99. The van der Waals surface area contributed by atoms with Crippen molar-refractivity contribution in [3.63, 3.8) is 0 Å². The lowest BCUT2D eigenvalue weighted by molar-refractivity contribution is -0.384. The van der Waals surface area contributed by atoms with Gasteiger partial charge in [0.25, 0.3) is 17.5 Å². The van der Waals surface area contributed by atoms with Crippen LogP contribution in [0.5, 0.6) is 0 Å². The molecule has 0 saturated carbocycles. The van der Waals surface area contributed by atoms with E-state index < -0.39 is 4.92 Å². The van der Waals surface area contributed by atoms with Crippen LogP contribution in [0.2, 0.25) is 0 Å². The van der Waals surface area contributed by atoms with E-state index >= 15 is 0 Å². The Bertz CT molecular complexity index is 1380. The number of fused-ring (bicyclic) bond motifs is 2. The summed E-state index contributed by atoms with van der Waals surface area (Å²) in [5.41, 5.74) is 3.06. The van der Waals surface area contributed by atoms with Crippen LogP contribution in [0.25, 0.3) is 27.3 Å². The van der Waals surface area contributed by atoms with E-state index in [9.17, 15) is 14.9 Å². The lowest BCUT2D eigenvalue weighted by atomic mass is 10.1.